The van der Waals surface area contributed by atoms with Crippen LogP contribution in [0.15, 0.2) is 77.3 Å². The van der Waals surface area contributed by atoms with E-state index in [0.717, 1.165) is 28.8 Å². The van der Waals surface area contributed by atoms with Gasteiger partial charge in [0, 0.05) is 16.9 Å². The number of benzene rings is 3. The van der Waals surface area contributed by atoms with E-state index < -0.39 is 0 Å². The number of fused-ring (bicyclic) bond motifs is 1. The molecule has 3 aromatic carbocycles. The van der Waals surface area contributed by atoms with Gasteiger partial charge in [-0.1, -0.05) is 85.2 Å². The lowest BCUT2D eigenvalue weighted by atomic mass is 9.96. The van der Waals surface area contributed by atoms with Crippen LogP contribution in [0.2, 0.25) is 0 Å². The van der Waals surface area contributed by atoms with E-state index in [0.29, 0.717) is 5.92 Å². The second kappa shape index (κ2) is 8.54. The molecule has 0 fully saturated rings. The van der Waals surface area contributed by atoms with Gasteiger partial charge in [-0.3, -0.25) is 0 Å². The van der Waals surface area contributed by atoms with Crippen molar-refractivity contribution < 1.29 is 0 Å². The molecule has 1 heterocycles. The van der Waals surface area contributed by atoms with E-state index in [4.69, 9.17) is 4.98 Å². The number of nitrogens with zero attached hydrogens (tertiary/aromatic N) is 2. The fourth-order valence-corrected chi connectivity index (χ4v) is 4.42. The van der Waals surface area contributed by atoms with Gasteiger partial charge < -0.3 is 4.57 Å². The van der Waals surface area contributed by atoms with Crippen LogP contribution in [0, 0.1) is 5.92 Å². The Morgan fingerprint density at radius 3 is 2.34 bits per heavy atom. The Morgan fingerprint density at radius 1 is 0.862 bits per heavy atom. The molecule has 1 aromatic heterocycles. The van der Waals surface area contributed by atoms with Crippen LogP contribution in [0.25, 0.3) is 11.0 Å². The van der Waals surface area contributed by atoms with E-state index in [1.165, 1.54) is 22.2 Å². The highest BCUT2D eigenvalue weighted by Crippen LogP contribution is 2.29. The number of hydrogen-bond donors (Lipinski definition) is 0. The highest BCUT2D eigenvalue weighted by molar-refractivity contribution is 9.10. The SMILES string of the molecule is CC(C)Cc1ccc(C(C)c2nc3ccccc3n2Cc2cccc(Br)c2)cc1. The molecule has 0 aliphatic heterocycles. The zero-order valence-corrected chi connectivity index (χ0v) is 18.9. The smallest absolute Gasteiger partial charge is 0.117 e. The summed E-state index contributed by atoms with van der Waals surface area (Å²) < 4.78 is 3.47. The van der Waals surface area contributed by atoms with Gasteiger partial charge in [-0.25, -0.2) is 4.98 Å². The molecule has 29 heavy (non-hydrogen) atoms. The summed E-state index contributed by atoms with van der Waals surface area (Å²) in [5.74, 6) is 2.01. The van der Waals surface area contributed by atoms with Gasteiger partial charge in [0.05, 0.1) is 11.0 Å². The summed E-state index contributed by atoms with van der Waals surface area (Å²) in [4.78, 5) is 5.03. The first-order valence-electron chi connectivity index (χ1n) is 10.3. The summed E-state index contributed by atoms with van der Waals surface area (Å²) in [7, 11) is 0. The molecule has 0 N–H and O–H groups in total. The lowest BCUT2D eigenvalue weighted by molar-refractivity contribution is 0.646. The lowest BCUT2D eigenvalue weighted by Gasteiger charge is -2.16. The highest BCUT2D eigenvalue weighted by Gasteiger charge is 2.18. The molecular formula is C26H27BrN2. The molecule has 0 aliphatic carbocycles. The predicted molar refractivity (Wildman–Crippen MR) is 125 cm³/mol. The Balaban J connectivity index is 1.72. The van der Waals surface area contributed by atoms with Crippen LogP contribution in [0.4, 0.5) is 0 Å². The first-order chi connectivity index (χ1) is 14.0. The van der Waals surface area contributed by atoms with Gasteiger partial charge in [0.2, 0.25) is 0 Å². The van der Waals surface area contributed by atoms with Crippen LogP contribution in [0.3, 0.4) is 0 Å². The number of para-hydroxylation sites is 2. The Kier molecular flexibility index (Phi) is 5.86. The molecule has 0 saturated carbocycles. The summed E-state index contributed by atoms with van der Waals surface area (Å²) in [5, 5.41) is 0. The molecule has 4 aromatic rings. The molecule has 0 spiro atoms. The van der Waals surface area contributed by atoms with Gasteiger partial charge >= 0.3 is 0 Å². The van der Waals surface area contributed by atoms with Crippen LogP contribution < -0.4 is 0 Å². The molecule has 0 radical (unpaired) electrons. The van der Waals surface area contributed by atoms with Crippen LogP contribution in [-0.4, -0.2) is 9.55 Å². The third-order valence-electron chi connectivity index (χ3n) is 5.42. The van der Waals surface area contributed by atoms with E-state index in [1.54, 1.807) is 0 Å². The average molecular weight is 447 g/mol. The molecule has 0 aliphatic rings. The van der Waals surface area contributed by atoms with Gasteiger partial charge in [-0.2, -0.15) is 0 Å². The molecule has 0 bridgehead atoms. The van der Waals surface area contributed by atoms with Crippen molar-refractivity contribution in [1.82, 2.24) is 9.55 Å². The summed E-state index contributed by atoms with van der Waals surface area (Å²) in [6, 6.07) is 26.0. The minimum Gasteiger partial charge on any atom is -0.323 e. The Morgan fingerprint density at radius 2 is 1.62 bits per heavy atom. The van der Waals surface area contributed by atoms with Crippen molar-refractivity contribution >= 4 is 27.0 Å². The Hall–Kier alpha value is -2.39. The van der Waals surface area contributed by atoms with Crippen molar-refractivity contribution in [2.45, 2.75) is 39.7 Å². The topological polar surface area (TPSA) is 17.8 Å². The third-order valence-corrected chi connectivity index (χ3v) is 5.92. The average Bonchev–Trinajstić information content (AvgIpc) is 3.06. The molecule has 0 saturated heterocycles. The largest absolute Gasteiger partial charge is 0.323 e. The summed E-state index contributed by atoms with van der Waals surface area (Å²) in [5.41, 5.74) is 6.22. The van der Waals surface area contributed by atoms with E-state index in [-0.39, 0.29) is 5.92 Å². The van der Waals surface area contributed by atoms with E-state index in [2.05, 4.69) is 114 Å². The van der Waals surface area contributed by atoms with E-state index >= 15 is 0 Å². The molecule has 148 valence electrons. The van der Waals surface area contributed by atoms with Gasteiger partial charge in [-0.05, 0) is 53.3 Å². The highest BCUT2D eigenvalue weighted by atomic mass is 79.9. The molecule has 1 atom stereocenters. The second-order valence-corrected chi connectivity index (χ2v) is 9.15. The van der Waals surface area contributed by atoms with Crippen molar-refractivity contribution in [3.05, 3.63) is 99.8 Å². The van der Waals surface area contributed by atoms with Crippen LogP contribution in [0.1, 0.15) is 49.2 Å². The quantitative estimate of drug-likeness (QED) is 0.306. The molecule has 2 nitrogen and oxygen atoms in total. The number of hydrogen-bond acceptors (Lipinski definition) is 1. The van der Waals surface area contributed by atoms with Crippen LogP contribution >= 0.6 is 15.9 Å². The molecule has 0 amide bonds. The minimum atomic E-state index is 0.225. The zero-order chi connectivity index (χ0) is 20.4. The first-order valence-corrected chi connectivity index (χ1v) is 11.1. The van der Waals surface area contributed by atoms with Crippen molar-refractivity contribution in [2.75, 3.05) is 0 Å². The van der Waals surface area contributed by atoms with E-state index in [9.17, 15) is 0 Å². The van der Waals surface area contributed by atoms with Gasteiger partial charge in [-0.15, -0.1) is 0 Å². The van der Waals surface area contributed by atoms with Crippen LogP contribution in [0.5, 0.6) is 0 Å². The fourth-order valence-electron chi connectivity index (χ4n) is 3.97. The van der Waals surface area contributed by atoms with Gasteiger partial charge in [0.1, 0.15) is 5.82 Å². The normalized spacial score (nSPS) is 12.6. The molecule has 1 unspecified atom stereocenters. The third kappa shape index (κ3) is 4.45. The number of imidazole rings is 1. The van der Waals surface area contributed by atoms with Crippen molar-refractivity contribution in [3.8, 4) is 0 Å². The number of aromatic nitrogens is 2. The summed E-state index contributed by atoms with van der Waals surface area (Å²) in [6.07, 6.45) is 1.12. The maximum Gasteiger partial charge on any atom is 0.117 e. The predicted octanol–water partition coefficient (Wildman–Crippen LogP) is 7.20. The van der Waals surface area contributed by atoms with Gasteiger partial charge in [0.15, 0.2) is 0 Å². The monoisotopic (exact) mass is 446 g/mol. The minimum absolute atomic E-state index is 0.225. The molecule has 3 heteroatoms. The summed E-state index contributed by atoms with van der Waals surface area (Å²) in [6.45, 7) is 7.60. The zero-order valence-electron chi connectivity index (χ0n) is 17.3. The van der Waals surface area contributed by atoms with Crippen molar-refractivity contribution in [1.29, 1.82) is 0 Å². The van der Waals surface area contributed by atoms with E-state index in [1.807, 2.05) is 0 Å². The number of halogens is 1. The van der Waals surface area contributed by atoms with Crippen molar-refractivity contribution in [2.24, 2.45) is 5.92 Å². The Labute approximate surface area is 181 Å². The first kappa shape index (κ1) is 19.9. The Bertz CT molecular complexity index is 1110. The second-order valence-electron chi connectivity index (χ2n) is 8.24. The summed E-state index contributed by atoms with van der Waals surface area (Å²) >= 11 is 3.60. The van der Waals surface area contributed by atoms with Crippen LogP contribution in [-0.2, 0) is 13.0 Å². The fraction of sp³-hybridized carbons (Fsp3) is 0.269. The standard InChI is InChI=1S/C26H27BrN2/c1-18(2)15-20-11-13-22(14-12-20)19(3)26-28-24-9-4-5-10-25(24)29(26)17-21-7-6-8-23(27)16-21/h4-14,16,18-19H,15,17H2,1-3H3. The lowest BCUT2D eigenvalue weighted by Crippen LogP contribution is -2.09. The number of rotatable bonds is 6. The molecule has 4 rings (SSSR count). The van der Waals surface area contributed by atoms with Crippen molar-refractivity contribution in [3.63, 3.8) is 0 Å². The maximum atomic E-state index is 5.03. The molecular weight excluding hydrogens is 420 g/mol. The maximum absolute atomic E-state index is 5.03. The van der Waals surface area contributed by atoms with Gasteiger partial charge in [0.25, 0.3) is 0 Å².